The molecule has 0 saturated carbocycles. The van der Waals surface area contributed by atoms with E-state index in [4.69, 9.17) is 0 Å². The van der Waals surface area contributed by atoms with Gasteiger partial charge in [0.2, 0.25) is 0 Å². The van der Waals surface area contributed by atoms with Gasteiger partial charge in [0.25, 0.3) is 5.91 Å². The minimum absolute atomic E-state index is 0.00924. The van der Waals surface area contributed by atoms with E-state index in [1.807, 2.05) is 19.0 Å². The molecule has 0 heterocycles. The van der Waals surface area contributed by atoms with E-state index in [0.29, 0.717) is 12.1 Å². The van der Waals surface area contributed by atoms with Gasteiger partial charge in [0.05, 0.1) is 10.5 Å². The van der Waals surface area contributed by atoms with Gasteiger partial charge in [0, 0.05) is 31.5 Å². The number of hydrogen-bond acceptors (Lipinski definition) is 4. The largest absolute Gasteiger partial charge is 0.416 e. The Balaban J connectivity index is 2.34. The third kappa shape index (κ3) is 6.57. The zero-order valence-electron chi connectivity index (χ0n) is 16.4. The Labute approximate surface area is 168 Å². The van der Waals surface area contributed by atoms with Crippen molar-refractivity contribution in [2.45, 2.75) is 17.6 Å². The van der Waals surface area contributed by atoms with Crippen LogP contribution in [0.2, 0.25) is 0 Å². The Morgan fingerprint density at radius 1 is 1.00 bits per heavy atom. The molecule has 2 aromatic rings. The summed E-state index contributed by atoms with van der Waals surface area (Å²) in [7, 11) is 0.138. The van der Waals surface area contributed by atoms with Crippen molar-refractivity contribution >= 4 is 15.7 Å². The highest BCUT2D eigenvalue weighted by Gasteiger charge is 2.30. The molecule has 0 atom stereocenters. The summed E-state index contributed by atoms with van der Waals surface area (Å²) in [6.07, 6.45) is -3.43. The van der Waals surface area contributed by atoms with Gasteiger partial charge in [-0.15, -0.1) is 0 Å². The Morgan fingerprint density at radius 2 is 1.66 bits per heavy atom. The second kappa shape index (κ2) is 8.96. The van der Waals surface area contributed by atoms with Gasteiger partial charge in [-0.05, 0) is 50.0 Å². The van der Waals surface area contributed by atoms with Gasteiger partial charge in [0.1, 0.15) is 0 Å². The maximum Gasteiger partial charge on any atom is 0.416 e. The van der Waals surface area contributed by atoms with Crippen LogP contribution in [0.1, 0.15) is 21.5 Å². The summed E-state index contributed by atoms with van der Waals surface area (Å²) in [4.78, 5) is 16.3. The highest BCUT2D eigenvalue weighted by molar-refractivity contribution is 7.90. The molecule has 2 aromatic carbocycles. The first kappa shape index (κ1) is 22.9. The number of carbonyl (C=O) groups is 1. The molecular formula is C20H23F3N2O3S. The minimum atomic E-state index is -4.47. The fourth-order valence-electron chi connectivity index (χ4n) is 2.68. The number of amides is 1. The third-order valence-electron chi connectivity index (χ3n) is 4.24. The van der Waals surface area contributed by atoms with Crippen LogP contribution >= 0.6 is 0 Å². The highest BCUT2D eigenvalue weighted by atomic mass is 32.2. The van der Waals surface area contributed by atoms with Crippen LogP contribution in [0.3, 0.4) is 0 Å². The molecule has 0 saturated heterocycles. The van der Waals surface area contributed by atoms with Gasteiger partial charge in [-0.25, -0.2) is 8.42 Å². The third-order valence-corrected chi connectivity index (χ3v) is 5.35. The maximum absolute atomic E-state index is 13.0. The number of rotatable bonds is 7. The summed E-state index contributed by atoms with van der Waals surface area (Å²) < 4.78 is 62.5. The van der Waals surface area contributed by atoms with E-state index in [2.05, 4.69) is 0 Å². The number of halogens is 3. The van der Waals surface area contributed by atoms with Crippen LogP contribution < -0.4 is 0 Å². The molecule has 5 nitrogen and oxygen atoms in total. The van der Waals surface area contributed by atoms with Crippen molar-refractivity contribution < 1.29 is 26.4 Å². The van der Waals surface area contributed by atoms with E-state index < -0.39 is 27.5 Å². The smallest absolute Gasteiger partial charge is 0.333 e. The van der Waals surface area contributed by atoms with Crippen molar-refractivity contribution in [3.8, 4) is 0 Å². The quantitative estimate of drug-likeness (QED) is 0.679. The lowest BCUT2D eigenvalue weighted by Crippen LogP contribution is -2.36. The average molecular weight is 428 g/mol. The molecule has 158 valence electrons. The molecule has 0 unspecified atom stereocenters. The van der Waals surface area contributed by atoms with Crippen molar-refractivity contribution in [1.82, 2.24) is 9.80 Å². The van der Waals surface area contributed by atoms with Gasteiger partial charge in [0.15, 0.2) is 9.84 Å². The Hall–Kier alpha value is -2.39. The number of sulfone groups is 1. The van der Waals surface area contributed by atoms with Gasteiger partial charge in [-0.3, -0.25) is 4.79 Å². The zero-order valence-corrected chi connectivity index (χ0v) is 17.2. The summed E-state index contributed by atoms with van der Waals surface area (Å²) in [5, 5.41) is 0. The number of nitrogens with zero attached hydrogens (tertiary/aromatic N) is 2. The molecule has 0 bridgehead atoms. The summed E-state index contributed by atoms with van der Waals surface area (Å²) in [6, 6.07) is 10.5. The number of hydrogen-bond donors (Lipinski definition) is 0. The summed E-state index contributed by atoms with van der Waals surface area (Å²) in [6.45, 7) is 0.737. The standard InChI is InChI=1S/C20H23F3N2O3S/c1-24(2)10-11-25(14-15-6-4-8-17(12-15)20(21,22)23)19(26)16-7-5-9-18(13-16)29(3,27)28/h4-9,12-13H,10-11,14H2,1-3H3. The predicted octanol–water partition coefficient (Wildman–Crippen LogP) is 3.31. The summed E-state index contributed by atoms with van der Waals surface area (Å²) in [5.41, 5.74) is -0.279. The fraction of sp³-hybridized carbons (Fsp3) is 0.350. The predicted molar refractivity (Wildman–Crippen MR) is 104 cm³/mol. The molecule has 0 N–H and O–H groups in total. The molecule has 0 radical (unpaired) electrons. The molecule has 2 rings (SSSR count). The first-order chi connectivity index (χ1) is 13.4. The second-order valence-electron chi connectivity index (χ2n) is 7.03. The lowest BCUT2D eigenvalue weighted by molar-refractivity contribution is -0.137. The SMILES string of the molecule is CN(C)CCN(Cc1cccc(C(F)(F)F)c1)C(=O)c1cccc(S(C)(=O)=O)c1. The molecule has 1 amide bonds. The first-order valence-electron chi connectivity index (χ1n) is 8.78. The van der Waals surface area contributed by atoms with Crippen LogP contribution in [-0.2, 0) is 22.6 Å². The van der Waals surface area contributed by atoms with Crippen LogP contribution in [0.4, 0.5) is 13.2 Å². The normalized spacial score (nSPS) is 12.2. The molecule has 9 heteroatoms. The molecule has 0 aromatic heterocycles. The zero-order chi connectivity index (χ0) is 21.8. The molecule has 29 heavy (non-hydrogen) atoms. The van der Waals surface area contributed by atoms with Crippen LogP contribution in [-0.4, -0.2) is 57.6 Å². The van der Waals surface area contributed by atoms with Crippen LogP contribution in [0, 0.1) is 0 Å². The van der Waals surface area contributed by atoms with E-state index in [0.717, 1.165) is 18.4 Å². The van der Waals surface area contributed by atoms with Gasteiger partial charge in [-0.1, -0.05) is 18.2 Å². The van der Waals surface area contributed by atoms with Crippen molar-refractivity contribution in [2.24, 2.45) is 0 Å². The molecule has 0 aliphatic heterocycles. The van der Waals surface area contributed by atoms with Crippen LogP contribution in [0.5, 0.6) is 0 Å². The fourth-order valence-corrected chi connectivity index (χ4v) is 3.35. The van der Waals surface area contributed by atoms with Gasteiger partial charge < -0.3 is 9.80 Å². The van der Waals surface area contributed by atoms with E-state index in [-0.39, 0.29) is 23.5 Å². The molecular weight excluding hydrogens is 405 g/mol. The Morgan fingerprint density at radius 3 is 2.24 bits per heavy atom. The van der Waals surface area contributed by atoms with E-state index >= 15 is 0 Å². The Bertz CT molecular complexity index is 973. The molecule has 0 aliphatic rings. The van der Waals surface area contributed by atoms with Crippen molar-refractivity contribution in [1.29, 1.82) is 0 Å². The topological polar surface area (TPSA) is 57.7 Å². The molecule has 0 fully saturated rings. The summed E-state index contributed by atoms with van der Waals surface area (Å²) >= 11 is 0. The lowest BCUT2D eigenvalue weighted by Gasteiger charge is -2.25. The Kier molecular flexibility index (Phi) is 7.07. The molecule has 0 aliphatic carbocycles. The molecule has 0 spiro atoms. The number of alkyl halides is 3. The van der Waals surface area contributed by atoms with Crippen molar-refractivity contribution in [3.05, 3.63) is 65.2 Å². The van der Waals surface area contributed by atoms with E-state index in [1.165, 1.54) is 41.3 Å². The second-order valence-corrected chi connectivity index (χ2v) is 9.04. The van der Waals surface area contributed by atoms with Crippen molar-refractivity contribution in [3.63, 3.8) is 0 Å². The van der Waals surface area contributed by atoms with E-state index in [1.54, 1.807) is 0 Å². The minimum Gasteiger partial charge on any atom is -0.333 e. The van der Waals surface area contributed by atoms with Crippen LogP contribution in [0.15, 0.2) is 53.4 Å². The number of likely N-dealkylation sites (N-methyl/N-ethyl adjacent to an activating group) is 1. The monoisotopic (exact) mass is 428 g/mol. The van der Waals surface area contributed by atoms with Crippen molar-refractivity contribution in [2.75, 3.05) is 33.4 Å². The number of benzene rings is 2. The maximum atomic E-state index is 13.0. The number of carbonyl (C=O) groups excluding carboxylic acids is 1. The van der Waals surface area contributed by atoms with Crippen LogP contribution in [0.25, 0.3) is 0 Å². The van der Waals surface area contributed by atoms with Gasteiger partial charge >= 0.3 is 6.18 Å². The van der Waals surface area contributed by atoms with E-state index in [9.17, 15) is 26.4 Å². The average Bonchev–Trinajstić information content (AvgIpc) is 2.63. The first-order valence-corrected chi connectivity index (χ1v) is 10.7. The highest BCUT2D eigenvalue weighted by Crippen LogP contribution is 2.30. The van der Waals surface area contributed by atoms with Gasteiger partial charge in [-0.2, -0.15) is 13.2 Å². The summed E-state index contributed by atoms with van der Waals surface area (Å²) in [5.74, 6) is -0.449. The lowest BCUT2D eigenvalue weighted by atomic mass is 10.1.